The molecule has 0 spiro atoms. The lowest BCUT2D eigenvalue weighted by atomic mass is 9.85. The van der Waals surface area contributed by atoms with Crippen LogP contribution in [-0.4, -0.2) is 30.6 Å². The summed E-state index contributed by atoms with van der Waals surface area (Å²) >= 11 is 0. The Hall–Kier alpha value is -3.15. The van der Waals surface area contributed by atoms with Gasteiger partial charge in [-0.3, -0.25) is 0 Å². The third-order valence-electron chi connectivity index (χ3n) is 5.40. The normalized spacial score (nSPS) is 20.0. The van der Waals surface area contributed by atoms with Crippen molar-refractivity contribution in [3.63, 3.8) is 0 Å². The maximum atomic E-state index is 13.3. The molecule has 3 rings (SSSR count). The van der Waals surface area contributed by atoms with Crippen molar-refractivity contribution in [3.8, 4) is 0 Å². The summed E-state index contributed by atoms with van der Waals surface area (Å²) in [6, 6.07) is 12.8. The minimum atomic E-state index is -0.850. The number of halogens is 1. The van der Waals surface area contributed by atoms with Crippen molar-refractivity contribution >= 4 is 12.1 Å². The Kier molecular flexibility index (Phi) is 6.01. The van der Waals surface area contributed by atoms with Gasteiger partial charge in [0.25, 0.3) is 0 Å². The first kappa shape index (κ1) is 20.6. The summed E-state index contributed by atoms with van der Waals surface area (Å²) in [5, 5.41) is 0. The van der Waals surface area contributed by atoms with Gasteiger partial charge in [-0.25, -0.2) is 14.0 Å². The molecule has 6 heteroatoms. The molecule has 1 saturated heterocycles. The Morgan fingerprint density at radius 2 is 1.93 bits per heavy atom. The van der Waals surface area contributed by atoms with Crippen LogP contribution < -0.4 is 0 Å². The van der Waals surface area contributed by atoms with E-state index in [1.54, 1.807) is 47.4 Å². The summed E-state index contributed by atoms with van der Waals surface area (Å²) in [4.78, 5) is 26.1. The number of amides is 1. The number of rotatable bonds is 6. The lowest BCUT2D eigenvalue weighted by molar-refractivity contribution is -0.0588. The topological polar surface area (TPSA) is 55.8 Å². The van der Waals surface area contributed by atoms with E-state index in [-0.39, 0.29) is 11.9 Å². The third-order valence-corrected chi connectivity index (χ3v) is 5.40. The highest BCUT2D eigenvalue weighted by atomic mass is 19.1. The molecule has 1 aliphatic rings. The SMILES string of the molecule is C=CC[C@]1(c2ccc(F)cc2)CCN([C@@H](C)c2ccc(C(=O)OC)cc2)C(=O)O1. The minimum Gasteiger partial charge on any atom is -0.465 e. The van der Waals surface area contributed by atoms with Crippen molar-refractivity contribution in [2.24, 2.45) is 0 Å². The first-order chi connectivity index (χ1) is 13.9. The van der Waals surface area contributed by atoms with Crippen molar-refractivity contribution < 1.29 is 23.5 Å². The lowest BCUT2D eigenvalue weighted by Gasteiger charge is -2.43. The van der Waals surface area contributed by atoms with Crippen LogP contribution in [0.2, 0.25) is 0 Å². The molecule has 1 heterocycles. The fraction of sp³-hybridized carbons (Fsp3) is 0.304. The van der Waals surface area contributed by atoms with Gasteiger partial charge in [0.05, 0.1) is 18.7 Å². The Morgan fingerprint density at radius 3 is 2.48 bits per heavy atom. The van der Waals surface area contributed by atoms with Crippen LogP contribution in [0.25, 0.3) is 0 Å². The fourth-order valence-electron chi connectivity index (χ4n) is 3.67. The molecule has 2 aromatic carbocycles. The van der Waals surface area contributed by atoms with Crippen LogP contribution in [0, 0.1) is 5.82 Å². The molecule has 0 unspecified atom stereocenters. The fourth-order valence-corrected chi connectivity index (χ4v) is 3.67. The summed E-state index contributed by atoms with van der Waals surface area (Å²) in [5.74, 6) is -0.745. The van der Waals surface area contributed by atoms with Crippen molar-refractivity contribution in [2.45, 2.75) is 31.4 Å². The molecule has 2 atom stereocenters. The average molecular weight is 397 g/mol. The molecule has 152 valence electrons. The van der Waals surface area contributed by atoms with Gasteiger partial charge in [-0.1, -0.05) is 30.3 Å². The van der Waals surface area contributed by atoms with Gasteiger partial charge in [0.15, 0.2) is 0 Å². The molecule has 0 N–H and O–H groups in total. The monoisotopic (exact) mass is 397 g/mol. The van der Waals surface area contributed by atoms with Crippen LogP contribution in [0.15, 0.2) is 61.2 Å². The van der Waals surface area contributed by atoms with Crippen LogP contribution in [0.4, 0.5) is 9.18 Å². The first-order valence-electron chi connectivity index (χ1n) is 9.45. The number of carbonyl (C=O) groups is 2. The van der Waals surface area contributed by atoms with Crippen LogP contribution in [0.1, 0.15) is 47.3 Å². The van der Waals surface area contributed by atoms with Crippen molar-refractivity contribution in [1.82, 2.24) is 4.90 Å². The Labute approximate surface area is 169 Å². The summed E-state index contributed by atoms with van der Waals surface area (Å²) < 4.78 is 23.9. The van der Waals surface area contributed by atoms with E-state index in [4.69, 9.17) is 9.47 Å². The van der Waals surface area contributed by atoms with Crippen LogP contribution in [0.3, 0.4) is 0 Å². The predicted molar refractivity (Wildman–Crippen MR) is 107 cm³/mol. The number of hydrogen-bond acceptors (Lipinski definition) is 4. The number of nitrogens with zero attached hydrogens (tertiary/aromatic N) is 1. The summed E-state index contributed by atoms with van der Waals surface area (Å²) in [6.45, 7) is 6.17. The molecule has 1 fully saturated rings. The van der Waals surface area contributed by atoms with Crippen LogP contribution in [0.5, 0.6) is 0 Å². The van der Waals surface area contributed by atoms with E-state index in [1.165, 1.54) is 19.2 Å². The van der Waals surface area contributed by atoms with E-state index < -0.39 is 17.7 Å². The molecule has 1 amide bonds. The molecule has 5 nitrogen and oxygen atoms in total. The maximum absolute atomic E-state index is 13.3. The Bertz CT molecular complexity index is 894. The van der Waals surface area contributed by atoms with Gasteiger partial charge in [0.2, 0.25) is 0 Å². The van der Waals surface area contributed by atoms with Crippen molar-refractivity contribution in [3.05, 3.63) is 83.7 Å². The van der Waals surface area contributed by atoms with Crippen molar-refractivity contribution in [1.29, 1.82) is 0 Å². The molecule has 0 aromatic heterocycles. The second kappa shape index (κ2) is 8.47. The largest absolute Gasteiger partial charge is 0.465 e. The number of methoxy groups -OCH3 is 1. The predicted octanol–water partition coefficient (Wildman–Crippen LogP) is 4.99. The van der Waals surface area contributed by atoms with Gasteiger partial charge in [-0.05, 0) is 42.3 Å². The highest BCUT2D eigenvalue weighted by Crippen LogP contribution is 2.39. The van der Waals surface area contributed by atoms with Gasteiger partial charge in [0.1, 0.15) is 11.4 Å². The lowest BCUT2D eigenvalue weighted by Crippen LogP contribution is -2.48. The minimum absolute atomic E-state index is 0.232. The van der Waals surface area contributed by atoms with E-state index in [0.29, 0.717) is 24.9 Å². The summed E-state index contributed by atoms with van der Waals surface area (Å²) in [7, 11) is 1.33. The number of esters is 1. The average Bonchev–Trinajstić information content (AvgIpc) is 2.73. The first-order valence-corrected chi connectivity index (χ1v) is 9.45. The number of cyclic esters (lactones) is 1. The van der Waals surface area contributed by atoms with Crippen LogP contribution in [-0.2, 0) is 15.1 Å². The highest BCUT2D eigenvalue weighted by molar-refractivity contribution is 5.89. The maximum Gasteiger partial charge on any atom is 0.411 e. The van der Waals surface area contributed by atoms with Gasteiger partial charge in [-0.2, -0.15) is 0 Å². The quantitative estimate of drug-likeness (QED) is 0.509. The number of hydrogen-bond donors (Lipinski definition) is 0. The van der Waals surface area contributed by atoms with Gasteiger partial charge >= 0.3 is 12.1 Å². The standard InChI is InChI=1S/C23H24FNO4/c1-4-13-23(19-9-11-20(24)12-10-19)14-15-25(22(27)29-23)16(2)17-5-7-18(8-6-17)21(26)28-3/h4-12,16H,1,13-15H2,2-3H3/t16-,23+/m0/s1. The third kappa shape index (κ3) is 4.16. The van der Waals surface area contributed by atoms with Gasteiger partial charge in [0, 0.05) is 19.4 Å². The zero-order valence-corrected chi connectivity index (χ0v) is 16.6. The molecular formula is C23H24FNO4. The number of benzene rings is 2. The molecule has 0 radical (unpaired) electrons. The number of ether oxygens (including phenoxy) is 2. The van der Waals surface area contributed by atoms with Crippen LogP contribution >= 0.6 is 0 Å². The Morgan fingerprint density at radius 1 is 1.28 bits per heavy atom. The molecule has 0 bridgehead atoms. The second-order valence-corrected chi connectivity index (χ2v) is 7.09. The summed E-state index contributed by atoms with van der Waals surface area (Å²) in [5.41, 5.74) is 1.23. The van der Waals surface area contributed by atoms with Gasteiger partial charge < -0.3 is 14.4 Å². The zero-order valence-electron chi connectivity index (χ0n) is 16.6. The molecule has 0 saturated carbocycles. The molecular weight excluding hydrogens is 373 g/mol. The molecule has 0 aliphatic carbocycles. The van der Waals surface area contributed by atoms with Gasteiger partial charge in [-0.15, -0.1) is 6.58 Å². The molecule has 29 heavy (non-hydrogen) atoms. The van der Waals surface area contributed by atoms with E-state index in [9.17, 15) is 14.0 Å². The Balaban J connectivity index is 1.79. The van der Waals surface area contributed by atoms with E-state index in [2.05, 4.69) is 6.58 Å². The molecule has 1 aliphatic heterocycles. The van der Waals surface area contributed by atoms with E-state index >= 15 is 0 Å². The highest BCUT2D eigenvalue weighted by Gasteiger charge is 2.42. The second-order valence-electron chi connectivity index (χ2n) is 7.09. The number of carbonyl (C=O) groups excluding carboxylic acids is 2. The molecule has 2 aromatic rings. The summed E-state index contributed by atoms with van der Waals surface area (Å²) in [6.07, 6.45) is 2.27. The van der Waals surface area contributed by atoms with E-state index in [1.807, 2.05) is 6.92 Å². The van der Waals surface area contributed by atoms with Crippen molar-refractivity contribution in [2.75, 3.05) is 13.7 Å². The zero-order chi connectivity index (χ0) is 21.0. The van der Waals surface area contributed by atoms with E-state index in [0.717, 1.165) is 11.1 Å². The smallest absolute Gasteiger partial charge is 0.411 e.